The number of aryl methyl sites for hydroxylation is 1. The average molecular weight is 550 g/mol. The minimum Gasteiger partial charge on any atom is -0.355 e. The first-order valence-corrected chi connectivity index (χ1v) is 14.8. The van der Waals surface area contributed by atoms with Gasteiger partial charge in [0.25, 0.3) is 10.0 Å². The standard InChI is InChI=1S/C31H39N3O4S/c1-6-29(31(36)32-7-2)33(21-26-14-12-11-13-24(26)5)30(35)22-34(27-19-17-25(18-20-27)23(3)4)39(37,38)28-15-9-8-10-16-28/h8-20,23,29H,6-7,21-22H2,1-5H3,(H,32,36)/t29-/m0/s1. The molecule has 0 heterocycles. The first-order chi connectivity index (χ1) is 18.6. The maximum Gasteiger partial charge on any atom is 0.264 e. The van der Waals surface area contributed by atoms with E-state index in [1.807, 2.05) is 57.2 Å². The summed E-state index contributed by atoms with van der Waals surface area (Å²) >= 11 is 0. The number of anilines is 1. The van der Waals surface area contributed by atoms with Gasteiger partial charge in [0, 0.05) is 13.1 Å². The first-order valence-electron chi connectivity index (χ1n) is 13.4. The summed E-state index contributed by atoms with van der Waals surface area (Å²) in [6.07, 6.45) is 0.387. The lowest BCUT2D eigenvalue weighted by molar-refractivity contribution is -0.140. The van der Waals surface area contributed by atoms with Crippen molar-refractivity contribution in [1.29, 1.82) is 0 Å². The zero-order chi connectivity index (χ0) is 28.6. The molecule has 0 aliphatic heterocycles. The van der Waals surface area contributed by atoms with Gasteiger partial charge in [0.2, 0.25) is 11.8 Å². The highest BCUT2D eigenvalue weighted by Gasteiger charge is 2.33. The Morgan fingerprint density at radius 2 is 1.49 bits per heavy atom. The van der Waals surface area contributed by atoms with E-state index in [0.717, 1.165) is 21.0 Å². The SMILES string of the molecule is CCNC(=O)[C@H](CC)N(Cc1ccccc1C)C(=O)CN(c1ccc(C(C)C)cc1)S(=O)(=O)c1ccccc1. The van der Waals surface area contributed by atoms with E-state index in [2.05, 4.69) is 19.2 Å². The molecule has 0 saturated carbocycles. The number of carbonyl (C=O) groups excluding carboxylic acids is 2. The van der Waals surface area contributed by atoms with Crippen LogP contribution in [-0.2, 0) is 26.2 Å². The van der Waals surface area contributed by atoms with Gasteiger partial charge in [-0.1, -0.05) is 75.4 Å². The summed E-state index contributed by atoms with van der Waals surface area (Å²) in [5, 5.41) is 2.83. The molecule has 2 amide bonds. The Labute approximate surface area is 232 Å². The second-order valence-electron chi connectivity index (χ2n) is 9.84. The number of rotatable bonds is 12. The quantitative estimate of drug-likeness (QED) is 0.334. The number of sulfonamides is 1. The molecule has 0 aliphatic rings. The van der Waals surface area contributed by atoms with Gasteiger partial charge < -0.3 is 10.2 Å². The molecule has 3 rings (SSSR count). The number of amides is 2. The fourth-order valence-electron chi connectivity index (χ4n) is 4.46. The Morgan fingerprint density at radius 3 is 2.05 bits per heavy atom. The first kappa shape index (κ1) is 29.9. The predicted molar refractivity (Wildman–Crippen MR) is 156 cm³/mol. The van der Waals surface area contributed by atoms with Crippen molar-refractivity contribution in [3.63, 3.8) is 0 Å². The lowest BCUT2D eigenvalue weighted by Gasteiger charge is -2.33. The number of nitrogens with zero attached hydrogens (tertiary/aromatic N) is 2. The van der Waals surface area contributed by atoms with Crippen molar-refractivity contribution in [1.82, 2.24) is 10.2 Å². The van der Waals surface area contributed by atoms with Crippen LogP contribution in [0.4, 0.5) is 5.69 Å². The highest BCUT2D eigenvalue weighted by Crippen LogP contribution is 2.27. The highest BCUT2D eigenvalue weighted by atomic mass is 32.2. The van der Waals surface area contributed by atoms with Crippen LogP contribution in [0.2, 0.25) is 0 Å². The molecule has 0 spiro atoms. The summed E-state index contributed by atoms with van der Waals surface area (Å²) in [5.74, 6) is -0.448. The molecule has 1 N–H and O–H groups in total. The van der Waals surface area contributed by atoms with Crippen LogP contribution in [0.5, 0.6) is 0 Å². The van der Waals surface area contributed by atoms with Gasteiger partial charge in [-0.05, 0) is 67.1 Å². The maximum atomic E-state index is 14.0. The number of benzene rings is 3. The van der Waals surface area contributed by atoms with E-state index in [0.29, 0.717) is 18.7 Å². The molecule has 1 atom stereocenters. The third kappa shape index (κ3) is 7.26. The molecule has 0 unspecified atom stereocenters. The normalized spacial score (nSPS) is 12.2. The van der Waals surface area contributed by atoms with E-state index in [4.69, 9.17) is 0 Å². The summed E-state index contributed by atoms with van der Waals surface area (Å²) in [5.41, 5.74) is 3.33. The van der Waals surface area contributed by atoms with Crippen molar-refractivity contribution in [3.05, 3.63) is 95.6 Å². The van der Waals surface area contributed by atoms with Gasteiger partial charge in [-0.15, -0.1) is 0 Å². The molecular formula is C31H39N3O4S. The number of likely N-dealkylation sites (N-methyl/N-ethyl adjacent to an activating group) is 1. The number of carbonyl (C=O) groups is 2. The van der Waals surface area contributed by atoms with E-state index < -0.39 is 28.5 Å². The van der Waals surface area contributed by atoms with Gasteiger partial charge >= 0.3 is 0 Å². The van der Waals surface area contributed by atoms with Gasteiger partial charge in [-0.25, -0.2) is 8.42 Å². The second-order valence-corrected chi connectivity index (χ2v) is 11.7. The van der Waals surface area contributed by atoms with Crippen molar-refractivity contribution in [3.8, 4) is 0 Å². The fourth-order valence-corrected chi connectivity index (χ4v) is 5.89. The summed E-state index contributed by atoms with van der Waals surface area (Å²) in [7, 11) is -4.07. The second kappa shape index (κ2) is 13.4. The number of hydrogen-bond acceptors (Lipinski definition) is 4. The van der Waals surface area contributed by atoms with E-state index >= 15 is 0 Å². The largest absolute Gasteiger partial charge is 0.355 e. The summed E-state index contributed by atoms with van der Waals surface area (Å²) < 4.78 is 28.9. The van der Waals surface area contributed by atoms with E-state index in [-0.39, 0.29) is 23.3 Å². The van der Waals surface area contributed by atoms with E-state index in [9.17, 15) is 18.0 Å². The Morgan fingerprint density at radius 1 is 0.872 bits per heavy atom. The third-order valence-corrected chi connectivity index (χ3v) is 8.58. The van der Waals surface area contributed by atoms with Gasteiger partial charge in [0.1, 0.15) is 12.6 Å². The lowest BCUT2D eigenvalue weighted by Crippen LogP contribution is -2.52. The summed E-state index contributed by atoms with van der Waals surface area (Å²) in [6.45, 7) is 9.92. The molecular weight excluding hydrogens is 510 g/mol. The minimum absolute atomic E-state index is 0.0898. The summed E-state index contributed by atoms with van der Waals surface area (Å²) in [6, 6.07) is 22.2. The Kier molecular flexibility index (Phi) is 10.3. The van der Waals surface area contributed by atoms with Crippen molar-refractivity contribution >= 4 is 27.5 Å². The molecule has 7 nitrogen and oxygen atoms in total. The molecule has 3 aromatic rings. The van der Waals surface area contributed by atoms with Crippen LogP contribution in [0.3, 0.4) is 0 Å². The molecule has 0 radical (unpaired) electrons. The van der Waals surface area contributed by atoms with Crippen molar-refractivity contribution in [2.75, 3.05) is 17.4 Å². The zero-order valence-electron chi connectivity index (χ0n) is 23.4. The molecule has 0 saturated heterocycles. The van der Waals surface area contributed by atoms with Gasteiger partial charge in [-0.2, -0.15) is 0 Å². The molecule has 0 aromatic heterocycles. The van der Waals surface area contributed by atoms with Crippen LogP contribution in [-0.4, -0.2) is 44.3 Å². The van der Waals surface area contributed by atoms with Gasteiger partial charge in [0.05, 0.1) is 10.6 Å². The Bertz CT molecular complexity index is 1360. The van der Waals surface area contributed by atoms with E-state index in [1.54, 1.807) is 30.3 Å². The summed E-state index contributed by atoms with van der Waals surface area (Å²) in [4.78, 5) is 28.7. The van der Waals surface area contributed by atoms with Gasteiger partial charge in [-0.3, -0.25) is 13.9 Å². The Hall–Kier alpha value is -3.65. The van der Waals surface area contributed by atoms with Crippen LogP contribution < -0.4 is 9.62 Å². The monoisotopic (exact) mass is 549 g/mol. The molecule has 8 heteroatoms. The average Bonchev–Trinajstić information content (AvgIpc) is 2.93. The third-order valence-electron chi connectivity index (χ3n) is 6.80. The van der Waals surface area contributed by atoms with Crippen molar-refractivity contribution in [2.24, 2.45) is 0 Å². The van der Waals surface area contributed by atoms with E-state index in [1.165, 1.54) is 17.0 Å². The Balaban J connectivity index is 2.07. The fraction of sp³-hybridized carbons (Fsp3) is 0.355. The molecule has 208 valence electrons. The van der Waals surface area contributed by atoms with Crippen molar-refractivity contribution < 1.29 is 18.0 Å². The molecule has 0 fully saturated rings. The highest BCUT2D eigenvalue weighted by molar-refractivity contribution is 7.92. The lowest BCUT2D eigenvalue weighted by atomic mass is 10.0. The van der Waals surface area contributed by atoms with Crippen LogP contribution >= 0.6 is 0 Å². The van der Waals surface area contributed by atoms with Crippen LogP contribution in [0.1, 0.15) is 56.7 Å². The molecule has 0 bridgehead atoms. The predicted octanol–water partition coefficient (Wildman–Crippen LogP) is 5.26. The molecule has 39 heavy (non-hydrogen) atoms. The molecule has 3 aromatic carbocycles. The molecule has 0 aliphatic carbocycles. The zero-order valence-corrected chi connectivity index (χ0v) is 24.2. The van der Waals surface area contributed by atoms with Crippen LogP contribution in [0, 0.1) is 6.92 Å². The van der Waals surface area contributed by atoms with Crippen LogP contribution in [0.25, 0.3) is 0 Å². The smallest absolute Gasteiger partial charge is 0.264 e. The number of hydrogen-bond donors (Lipinski definition) is 1. The van der Waals surface area contributed by atoms with Gasteiger partial charge in [0.15, 0.2) is 0 Å². The van der Waals surface area contributed by atoms with Crippen LogP contribution in [0.15, 0.2) is 83.8 Å². The minimum atomic E-state index is -4.07. The maximum absolute atomic E-state index is 14.0. The topological polar surface area (TPSA) is 86.8 Å². The van der Waals surface area contributed by atoms with Crippen molar-refractivity contribution in [2.45, 2.75) is 64.4 Å². The number of nitrogens with one attached hydrogen (secondary N) is 1.